The summed E-state index contributed by atoms with van der Waals surface area (Å²) in [7, 11) is 0. The van der Waals surface area contributed by atoms with Crippen molar-refractivity contribution in [3.8, 4) is 5.75 Å². The highest BCUT2D eigenvalue weighted by molar-refractivity contribution is 6.23. The van der Waals surface area contributed by atoms with Crippen LogP contribution in [0.3, 0.4) is 0 Å². The molecule has 0 fully saturated rings. The van der Waals surface area contributed by atoms with Gasteiger partial charge in [0.25, 0.3) is 0 Å². The van der Waals surface area contributed by atoms with Gasteiger partial charge in [-0.3, -0.25) is 4.79 Å². The van der Waals surface area contributed by atoms with Gasteiger partial charge in [0.2, 0.25) is 5.78 Å². The summed E-state index contributed by atoms with van der Waals surface area (Å²) in [5.41, 5.74) is 4.23. The summed E-state index contributed by atoms with van der Waals surface area (Å²) in [6, 6.07) is 17.7. The Kier molecular flexibility index (Phi) is 5.51. The normalized spacial score (nSPS) is 18.3. The number of aliphatic hydroxyl groups is 1. The average Bonchev–Trinajstić information content (AvgIpc) is 2.83. The molecule has 1 N–H and O–H groups in total. The number of hydrogen-bond donors (Lipinski definition) is 1. The van der Waals surface area contributed by atoms with Gasteiger partial charge in [0.05, 0.1) is 22.6 Å². The summed E-state index contributed by atoms with van der Waals surface area (Å²) in [6.45, 7) is 12.9. The van der Waals surface area contributed by atoms with E-state index < -0.39 is 0 Å². The topological polar surface area (TPSA) is 57.8 Å². The highest BCUT2D eigenvalue weighted by Gasteiger charge is 2.35. The fraction of sp³-hybridized carbons (Fsp3) is 0.250. The lowest BCUT2D eigenvalue weighted by Crippen LogP contribution is -2.22. The number of carbonyl (C=O) groups excluding carboxylic acids is 1. The number of ketones is 1. The minimum Gasteiger partial charge on any atom is -0.506 e. The average molecular weight is 480 g/mol. The fourth-order valence-corrected chi connectivity index (χ4v) is 4.69. The maximum Gasteiger partial charge on any atom is 0.361 e. The monoisotopic (exact) mass is 479 g/mol. The Balaban J connectivity index is 1.54. The molecule has 0 radical (unpaired) electrons. The summed E-state index contributed by atoms with van der Waals surface area (Å²) >= 11 is 0. The van der Waals surface area contributed by atoms with Crippen LogP contribution in [0.15, 0.2) is 93.8 Å². The molecule has 3 aromatic rings. The molecule has 0 spiro atoms. The third-order valence-corrected chi connectivity index (χ3v) is 6.57. The lowest BCUT2D eigenvalue weighted by molar-refractivity contribution is -0.113. The van der Waals surface area contributed by atoms with Crippen LogP contribution in [0.25, 0.3) is 22.6 Å². The standard InChI is InChI=1S/C32H30O4/c1-31(2,3)25-17-19(35-27-13-9-7-11-21(25)27)15-23-29(33)24(30(23)34)16-20-18-26(32(4,5)6)22-12-8-10-14-28(22)36-20/h7-18H,1-6H3/p+1. The Morgan fingerprint density at radius 2 is 1.58 bits per heavy atom. The van der Waals surface area contributed by atoms with Crippen molar-refractivity contribution in [1.29, 1.82) is 0 Å². The van der Waals surface area contributed by atoms with Crippen molar-refractivity contribution in [3.63, 3.8) is 0 Å². The number of hydrogen-bond acceptors (Lipinski definition) is 3. The van der Waals surface area contributed by atoms with E-state index in [2.05, 4.69) is 41.5 Å². The number of ether oxygens (including phenoxy) is 1. The van der Waals surface area contributed by atoms with Crippen LogP contribution in [0.1, 0.15) is 58.4 Å². The third-order valence-electron chi connectivity index (χ3n) is 6.57. The molecule has 1 aliphatic heterocycles. The van der Waals surface area contributed by atoms with Gasteiger partial charge < -0.3 is 9.84 Å². The molecule has 4 nitrogen and oxygen atoms in total. The number of fused-ring (bicyclic) bond motifs is 2. The van der Waals surface area contributed by atoms with Crippen molar-refractivity contribution in [2.75, 3.05) is 0 Å². The first kappa shape index (κ1) is 23.8. The van der Waals surface area contributed by atoms with Crippen LogP contribution in [0, 0.1) is 5.41 Å². The molecule has 36 heavy (non-hydrogen) atoms. The Morgan fingerprint density at radius 3 is 2.28 bits per heavy atom. The van der Waals surface area contributed by atoms with E-state index >= 15 is 0 Å². The summed E-state index contributed by atoms with van der Waals surface area (Å²) in [5, 5.41) is 11.9. The first-order valence-corrected chi connectivity index (χ1v) is 12.2. The molecule has 0 unspecified atom stereocenters. The van der Waals surface area contributed by atoms with E-state index in [0.717, 1.165) is 33.4 Å². The molecule has 4 heteroatoms. The van der Waals surface area contributed by atoms with E-state index in [1.165, 1.54) is 0 Å². The summed E-state index contributed by atoms with van der Waals surface area (Å²) in [6.07, 6.45) is 5.19. The zero-order chi connectivity index (χ0) is 25.8. The van der Waals surface area contributed by atoms with E-state index in [1.807, 2.05) is 60.7 Å². The van der Waals surface area contributed by atoms with Crippen LogP contribution in [-0.2, 0) is 10.2 Å². The molecule has 0 bridgehead atoms. The van der Waals surface area contributed by atoms with Crippen LogP contribution >= 0.6 is 0 Å². The number of allylic oxidation sites excluding steroid dienone is 5. The van der Waals surface area contributed by atoms with Crippen molar-refractivity contribution in [2.45, 2.75) is 47.0 Å². The number of Topliss-reactive ketones (excluding diaryl/α,β-unsaturated/α-hetero) is 1. The number of benzene rings is 2. The molecule has 2 aromatic carbocycles. The quantitative estimate of drug-likeness (QED) is 0.297. The van der Waals surface area contributed by atoms with Gasteiger partial charge in [0.1, 0.15) is 17.3 Å². The largest absolute Gasteiger partial charge is 0.506 e. The van der Waals surface area contributed by atoms with E-state index in [1.54, 1.807) is 12.2 Å². The van der Waals surface area contributed by atoms with Crippen molar-refractivity contribution in [2.24, 2.45) is 5.41 Å². The summed E-state index contributed by atoms with van der Waals surface area (Å²) in [4.78, 5) is 13.1. The van der Waals surface area contributed by atoms with Gasteiger partial charge in [-0.2, -0.15) is 0 Å². The predicted molar refractivity (Wildman–Crippen MR) is 145 cm³/mol. The van der Waals surface area contributed by atoms with Crippen LogP contribution < -0.4 is 4.74 Å². The van der Waals surface area contributed by atoms with E-state index in [4.69, 9.17) is 9.15 Å². The SMILES string of the molecule is CC(C)(C)C1=C/C(=C\C2=C(O)C(=C\c3cc(C(C)(C)C)c4ccccc4[o+]3)/C2=O)Oc2ccccc21. The zero-order valence-corrected chi connectivity index (χ0v) is 21.6. The molecular weight excluding hydrogens is 448 g/mol. The van der Waals surface area contributed by atoms with Gasteiger partial charge in [-0.05, 0) is 46.3 Å². The molecule has 0 atom stereocenters. The predicted octanol–water partition coefficient (Wildman–Crippen LogP) is 8.20. The second-order valence-corrected chi connectivity index (χ2v) is 11.4. The maximum absolute atomic E-state index is 13.1. The molecule has 182 valence electrons. The minimum atomic E-state index is -0.242. The second kappa shape index (κ2) is 8.34. The number of para-hydroxylation sites is 2. The minimum absolute atomic E-state index is 0.0543. The van der Waals surface area contributed by atoms with Crippen molar-refractivity contribution in [1.82, 2.24) is 0 Å². The lowest BCUT2D eigenvalue weighted by Gasteiger charge is -2.29. The molecular formula is C32H31O4+. The second-order valence-electron chi connectivity index (χ2n) is 11.4. The molecule has 1 aliphatic carbocycles. The first-order chi connectivity index (χ1) is 16.9. The summed E-state index contributed by atoms with van der Waals surface area (Å²) in [5.74, 6) is 1.50. The maximum atomic E-state index is 13.1. The van der Waals surface area contributed by atoms with Crippen LogP contribution in [-0.4, -0.2) is 10.9 Å². The van der Waals surface area contributed by atoms with E-state index in [9.17, 15) is 9.90 Å². The molecule has 2 aliphatic rings. The van der Waals surface area contributed by atoms with Crippen molar-refractivity contribution < 1.29 is 19.1 Å². The fourth-order valence-electron chi connectivity index (χ4n) is 4.69. The third kappa shape index (κ3) is 4.17. The molecule has 0 saturated carbocycles. The highest BCUT2D eigenvalue weighted by atomic mass is 16.5. The Morgan fingerprint density at radius 1 is 0.889 bits per heavy atom. The van der Waals surface area contributed by atoms with Gasteiger partial charge >= 0.3 is 11.3 Å². The first-order valence-electron chi connectivity index (χ1n) is 12.2. The van der Waals surface area contributed by atoms with Crippen LogP contribution in [0.2, 0.25) is 0 Å². The van der Waals surface area contributed by atoms with E-state index in [-0.39, 0.29) is 33.5 Å². The smallest absolute Gasteiger partial charge is 0.361 e. The Hall–Kier alpha value is -3.92. The number of aliphatic hydroxyl groups excluding tert-OH is 1. The molecule has 0 saturated heterocycles. The van der Waals surface area contributed by atoms with Gasteiger partial charge in [-0.15, -0.1) is 0 Å². The lowest BCUT2D eigenvalue weighted by atomic mass is 9.80. The van der Waals surface area contributed by atoms with Gasteiger partial charge in [-0.25, -0.2) is 4.42 Å². The number of carbonyl (C=O) groups is 1. The van der Waals surface area contributed by atoms with Gasteiger partial charge in [0.15, 0.2) is 0 Å². The van der Waals surface area contributed by atoms with Crippen LogP contribution in [0.4, 0.5) is 0 Å². The van der Waals surface area contributed by atoms with E-state index in [0.29, 0.717) is 11.5 Å². The Bertz CT molecular complexity index is 1530. The number of rotatable bonds is 2. The highest BCUT2D eigenvalue weighted by Crippen LogP contribution is 2.43. The zero-order valence-electron chi connectivity index (χ0n) is 21.6. The van der Waals surface area contributed by atoms with Crippen molar-refractivity contribution in [3.05, 3.63) is 106 Å². The van der Waals surface area contributed by atoms with Crippen LogP contribution in [0.5, 0.6) is 5.75 Å². The molecule has 1 aromatic heterocycles. The van der Waals surface area contributed by atoms with Crippen molar-refractivity contribution >= 4 is 28.4 Å². The summed E-state index contributed by atoms with van der Waals surface area (Å²) < 4.78 is 12.1. The Labute approximate surface area is 211 Å². The van der Waals surface area contributed by atoms with Gasteiger partial charge in [-0.1, -0.05) is 71.9 Å². The molecule has 0 amide bonds. The van der Waals surface area contributed by atoms with Gasteiger partial charge in [0, 0.05) is 17.7 Å². The molecule has 5 rings (SSSR count). The molecule has 2 heterocycles.